The third-order valence-corrected chi connectivity index (χ3v) is 5.88. The van der Waals surface area contributed by atoms with E-state index in [9.17, 15) is 14.4 Å². The first-order valence-corrected chi connectivity index (χ1v) is 10.0. The van der Waals surface area contributed by atoms with Crippen LogP contribution >= 0.6 is 11.3 Å². The Morgan fingerprint density at radius 3 is 2.56 bits per heavy atom. The first-order valence-electron chi connectivity index (χ1n) is 9.14. The van der Waals surface area contributed by atoms with Crippen molar-refractivity contribution in [2.24, 2.45) is 5.92 Å². The van der Waals surface area contributed by atoms with E-state index in [1.54, 1.807) is 35.8 Å². The van der Waals surface area contributed by atoms with Gasteiger partial charge in [-0.25, -0.2) is 0 Å². The Morgan fingerprint density at radius 2 is 1.96 bits per heavy atom. The number of Topliss-reactive ketones (excluding diaryl/α,β-unsaturated/α-hetero) is 2. The molecule has 142 valence electrons. The molecule has 3 heterocycles. The summed E-state index contributed by atoms with van der Waals surface area (Å²) < 4.78 is 0. The highest BCUT2D eigenvalue weighted by molar-refractivity contribution is 7.12. The number of amides is 1. The van der Waals surface area contributed by atoms with E-state index in [1.165, 1.54) is 16.2 Å². The van der Waals surface area contributed by atoms with Crippen molar-refractivity contribution in [3.05, 3.63) is 52.5 Å². The molecule has 0 bridgehead atoms. The Bertz CT molecular complexity index is 803. The smallest absolute Gasteiger partial charge is 0.291 e. The molecule has 0 N–H and O–H groups in total. The molecule has 0 saturated carbocycles. The zero-order chi connectivity index (χ0) is 19.4. The topological polar surface area (TPSA) is 70.6 Å². The van der Waals surface area contributed by atoms with Crippen LogP contribution in [-0.4, -0.2) is 58.4 Å². The van der Waals surface area contributed by atoms with Gasteiger partial charge in [0.15, 0.2) is 5.78 Å². The summed E-state index contributed by atoms with van der Waals surface area (Å²) in [6.07, 6.45) is 1.62. The quantitative estimate of drug-likeness (QED) is 0.397. The number of carbonyl (C=O) groups is 3. The average Bonchev–Trinajstić information content (AvgIpc) is 3.31. The minimum atomic E-state index is -1.04. The first kappa shape index (κ1) is 19.4. The number of thiophene rings is 1. The molecule has 27 heavy (non-hydrogen) atoms. The second-order valence-corrected chi connectivity index (χ2v) is 7.36. The fraction of sp³-hybridized carbons (Fsp3) is 0.400. The van der Waals surface area contributed by atoms with Gasteiger partial charge >= 0.3 is 0 Å². The van der Waals surface area contributed by atoms with Gasteiger partial charge in [-0.2, -0.15) is 0 Å². The van der Waals surface area contributed by atoms with Crippen molar-refractivity contribution in [2.75, 3.05) is 26.2 Å². The first-order chi connectivity index (χ1) is 13.1. The second kappa shape index (κ2) is 8.54. The molecule has 6 nitrogen and oxygen atoms in total. The van der Waals surface area contributed by atoms with Gasteiger partial charge in [-0.05, 0) is 36.7 Å². The lowest BCUT2D eigenvalue weighted by atomic mass is 9.91. The third-order valence-electron chi connectivity index (χ3n) is 4.99. The van der Waals surface area contributed by atoms with Crippen molar-refractivity contribution in [2.45, 2.75) is 19.9 Å². The van der Waals surface area contributed by atoms with E-state index >= 15 is 0 Å². The van der Waals surface area contributed by atoms with Gasteiger partial charge in [0.05, 0.1) is 16.6 Å². The highest BCUT2D eigenvalue weighted by Gasteiger charge is 2.52. The van der Waals surface area contributed by atoms with Gasteiger partial charge in [-0.15, -0.1) is 11.3 Å². The van der Waals surface area contributed by atoms with Crippen LogP contribution in [0, 0.1) is 5.92 Å². The molecule has 2 aromatic rings. The minimum absolute atomic E-state index is 0.302. The Kier molecular flexibility index (Phi) is 6.13. The van der Waals surface area contributed by atoms with Crippen molar-refractivity contribution >= 4 is 28.8 Å². The van der Waals surface area contributed by atoms with E-state index in [0.717, 1.165) is 13.1 Å². The summed E-state index contributed by atoms with van der Waals surface area (Å²) in [6.45, 7) is 6.87. The lowest BCUT2D eigenvalue weighted by Crippen LogP contribution is -2.38. The van der Waals surface area contributed by atoms with Crippen molar-refractivity contribution in [3.8, 4) is 0 Å². The Labute approximate surface area is 162 Å². The molecule has 7 heteroatoms. The SMILES string of the molecule is CCN(CC)CCN1C(=O)C(=O)C(C(=O)c2cccs2)[C@H]1c1ccccn1. The number of nitrogens with zero attached hydrogens (tertiary/aromatic N) is 3. The number of likely N-dealkylation sites (tertiary alicyclic amines) is 1. The molecule has 1 unspecified atom stereocenters. The molecule has 2 atom stereocenters. The number of likely N-dealkylation sites (N-methyl/N-ethyl adjacent to an activating group) is 1. The Balaban J connectivity index is 1.95. The van der Waals surface area contributed by atoms with Gasteiger partial charge in [0.25, 0.3) is 5.91 Å². The lowest BCUT2D eigenvalue weighted by Gasteiger charge is -2.28. The van der Waals surface area contributed by atoms with Crippen molar-refractivity contribution in [3.63, 3.8) is 0 Å². The normalized spacial score (nSPS) is 19.9. The van der Waals surface area contributed by atoms with Gasteiger partial charge in [0.1, 0.15) is 5.92 Å². The van der Waals surface area contributed by atoms with Crippen LogP contribution in [0.25, 0.3) is 0 Å². The maximum Gasteiger partial charge on any atom is 0.291 e. The predicted molar refractivity (Wildman–Crippen MR) is 104 cm³/mol. The number of pyridine rings is 1. The number of carbonyl (C=O) groups excluding carboxylic acids is 3. The molecule has 1 saturated heterocycles. The summed E-state index contributed by atoms with van der Waals surface area (Å²) in [5, 5.41) is 1.79. The standard InChI is InChI=1S/C20H23N3O3S/c1-3-22(4-2)11-12-23-17(14-8-5-6-10-21-14)16(19(25)20(23)26)18(24)15-9-7-13-27-15/h5-10,13,16-17H,3-4,11-12H2,1-2H3/t16?,17-/m1/s1. The molecule has 1 aliphatic rings. The number of aromatic nitrogens is 1. The summed E-state index contributed by atoms with van der Waals surface area (Å²) in [5.74, 6) is -2.57. The number of rotatable bonds is 8. The van der Waals surface area contributed by atoms with Gasteiger partial charge in [0.2, 0.25) is 5.78 Å². The minimum Gasteiger partial charge on any atom is -0.325 e. The fourth-order valence-corrected chi connectivity index (χ4v) is 4.17. The Hall–Kier alpha value is -2.38. The van der Waals surface area contributed by atoms with Gasteiger partial charge in [-0.1, -0.05) is 26.0 Å². The number of hydrogen-bond donors (Lipinski definition) is 0. The summed E-state index contributed by atoms with van der Waals surface area (Å²) in [4.78, 5) is 47.1. The fourth-order valence-electron chi connectivity index (χ4n) is 3.47. The molecule has 1 amide bonds. The van der Waals surface area contributed by atoms with Crippen molar-refractivity contribution in [1.29, 1.82) is 0 Å². The van der Waals surface area contributed by atoms with Gasteiger partial charge in [-0.3, -0.25) is 19.4 Å². The van der Waals surface area contributed by atoms with Crippen molar-refractivity contribution < 1.29 is 14.4 Å². The molecule has 0 aromatic carbocycles. The van der Waals surface area contributed by atoms with E-state index in [0.29, 0.717) is 23.7 Å². The van der Waals surface area contributed by atoms with Crippen LogP contribution in [0.4, 0.5) is 0 Å². The van der Waals surface area contributed by atoms with Crippen LogP contribution in [0.2, 0.25) is 0 Å². The Morgan fingerprint density at radius 1 is 1.19 bits per heavy atom. The van der Waals surface area contributed by atoms with Gasteiger partial charge in [0, 0.05) is 19.3 Å². The third kappa shape index (κ3) is 3.84. The maximum absolute atomic E-state index is 13.0. The molecule has 2 aromatic heterocycles. The van der Waals surface area contributed by atoms with Gasteiger partial charge < -0.3 is 9.80 Å². The maximum atomic E-state index is 13.0. The molecule has 1 fully saturated rings. The molecular weight excluding hydrogens is 362 g/mol. The summed E-state index contributed by atoms with van der Waals surface area (Å²) in [6, 6.07) is 8.17. The van der Waals surface area contributed by atoms with E-state index in [2.05, 4.69) is 23.7 Å². The molecule has 0 spiro atoms. The molecule has 3 rings (SSSR count). The van der Waals surface area contributed by atoms with Crippen molar-refractivity contribution in [1.82, 2.24) is 14.8 Å². The number of ketones is 2. The zero-order valence-corrected chi connectivity index (χ0v) is 16.3. The second-order valence-electron chi connectivity index (χ2n) is 6.41. The average molecular weight is 385 g/mol. The summed E-state index contributed by atoms with van der Waals surface area (Å²) in [5.41, 5.74) is 0.575. The molecule has 0 radical (unpaired) electrons. The van der Waals surface area contributed by atoms with Crippen LogP contribution in [0.5, 0.6) is 0 Å². The van der Waals surface area contributed by atoms with Crippen LogP contribution in [0.15, 0.2) is 41.9 Å². The monoisotopic (exact) mass is 385 g/mol. The van der Waals surface area contributed by atoms with E-state index in [4.69, 9.17) is 0 Å². The van der Waals surface area contributed by atoms with E-state index in [1.807, 2.05) is 6.07 Å². The van der Waals surface area contributed by atoms with Crippen LogP contribution in [-0.2, 0) is 9.59 Å². The largest absolute Gasteiger partial charge is 0.325 e. The van der Waals surface area contributed by atoms with E-state index < -0.39 is 23.7 Å². The highest BCUT2D eigenvalue weighted by atomic mass is 32.1. The summed E-state index contributed by atoms with van der Waals surface area (Å²) in [7, 11) is 0. The van der Waals surface area contributed by atoms with E-state index in [-0.39, 0.29) is 5.78 Å². The van der Waals surface area contributed by atoms with Crippen LogP contribution in [0.1, 0.15) is 35.3 Å². The summed E-state index contributed by atoms with van der Waals surface area (Å²) >= 11 is 1.28. The van der Waals surface area contributed by atoms with Crippen LogP contribution < -0.4 is 0 Å². The highest BCUT2D eigenvalue weighted by Crippen LogP contribution is 2.37. The van der Waals surface area contributed by atoms with Crippen LogP contribution in [0.3, 0.4) is 0 Å². The zero-order valence-electron chi connectivity index (χ0n) is 15.5. The number of hydrogen-bond acceptors (Lipinski definition) is 6. The lowest BCUT2D eigenvalue weighted by molar-refractivity contribution is -0.140. The molecule has 0 aliphatic carbocycles. The molecular formula is C20H23N3O3S. The predicted octanol–water partition coefficient (Wildman–Crippen LogP) is 2.44. The molecule has 1 aliphatic heterocycles.